The molecule has 1 aliphatic rings. The lowest BCUT2D eigenvalue weighted by Crippen LogP contribution is -2.20. The fourth-order valence-corrected chi connectivity index (χ4v) is 3.95. The molecule has 1 fully saturated rings. The second kappa shape index (κ2) is 6.00. The van der Waals surface area contributed by atoms with Gasteiger partial charge in [-0.1, -0.05) is 36.0 Å². The summed E-state index contributed by atoms with van der Waals surface area (Å²) in [6.45, 7) is 0. The van der Waals surface area contributed by atoms with E-state index in [1.807, 2.05) is 12.1 Å². The summed E-state index contributed by atoms with van der Waals surface area (Å²) in [4.78, 5) is 0.992. The van der Waals surface area contributed by atoms with Crippen molar-refractivity contribution >= 4 is 35.0 Å². The minimum Gasteiger partial charge on any atom is -0.198 e. The van der Waals surface area contributed by atoms with Gasteiger partial charge in [-0.2, -0.15) is 5.26 Å². The third-order valence-electron chi connectivity index (χ3n) is 3.04. The van der Waals surface area contributed by atoms with Crippen molar-refractivity contribution in [3.05, 3.63) is 28.2 Å². The number of benzene rings is 1. The molecule has 1 aliphatic carbocycles. The predicted molar refractivity (Wildman–Crippen MR) is 73.7 cm³/mol. The molecule has 0 aromatic heterocycles. The van der Waals surface area contributed by atoms with E-state index in [1.165, 1.54) is 12.8 Å². The Morgan fingerprint density at radius 2 is 2.00 bits per heavy atom. The molecule has 2 unspecified atom stereocenters. The van der Waals surface area contributed by atoms with Crippen LogP contribution in [0.3, 0.4) is 0 Å². The Morgan fingerprint density at radius 1 is 1.24 bits per heavy atom. The molecule has 1 aromatic carbocycles. The second-order valence-corrected chi connectivity index (χ2v) is 6.38. The molecular weight excluding hydrogens is 273 g/mol. The molecule has 1 nitrogen and oxygen atoms in total. The largest absolute Gasteiger partial charge is 0.198 e. The van der Waals surface area contributed by atoms with E-state index in [0.29, 0.717) is 10.3 Å². The van der Waals surface area contributed by atoms with Crippen molar-refractivity contribution in [1.82, 2.24) is 0 Å². The van der Waals surface area contributed by atoms with Crippen molar-refractivity contribution in [3.8, 4) is 6.07 Å². The summed E-state index contributed by atoms with van der Waals surface area (Å²) in [5.41, 5.74) is 0. The van der Waals surface area contributed by atoms with Crippen molar-refractivity contribution in [3.63, 3.8) is 0 Å². The first-order valence-electron chi connectivity index (χ1n) is 5.72. The maximum Gasteiger partial charge on any atom is 0.0667 e. The molecule has 0 saturated heterocycles. The van der Waals surface area contributed by atoms with E-state index in [1.54, 1.807) is 17.8 Å². The van der Waals surface area contributed by atoms with Crippen LogP contribution >= 0.6 is 35.0 Å². The Labute approximate surface area is 116 Å². The van der Waals surface area contributed by atoms with Crippen LogP contribution in [0.1, 0.15) is 25.7 Å². The molecular formula is C13H13Cl2NS. The van der Waals surface area contributed by atoms with Crippen molar-refractivity contribution in [1.29, 1.82) is 5.26 Å². The lowest BCUT2D eigenvalue weighted by Gasteiger charge is -2.26. The maximum atomic E-state index is 9.14. The van der Waals surface area contributed by atoms with Crippen LogP contribution in [0.5, 0.6) is 0 Å². The summed E-state index contributed by atoms with van der Waals surface area (Å²) in [5, 5.41) is 10.9. The van der Waals surface area contributed by atoms with Gasteiger partial charge in [0.05, 0.1) is 17.0 Å². The van der Waals surface area contributed by atoms with Crippen LogP contribution in [-0.4, -0.2) is 5.25 Å². The summed E-state index contributed by atoms with van der Waals surface area (Å²) >= 11 is 13.8. The fourth-order valence-electron chi connectivity index (χ4n) is 2.12. The van der Waals surface area contributed by atoms with Gasteiger partial charge in [0, 0.05) is 15.2 Å². The Hall–Kier alpha value is -0.360. The lowest BCUT2D eigenvalue weighted by molar-refractivity contribution is 0.439. The van der Waals surface area contributed by atoms with Crippen molar-refractivity contribution < 1.29 is 0 Å². The molecule has 1 saturated carbocycles. The van der Waals surface area contributed by atoms with E-state index in [0.717, 1.165) is 22.8 Å². The van der Waals surface area contributed by atoms with Gasteiger partial charge >= 0.3 is 0 Å². The number of thioether (sulfide) groups is 1. The smallest absolute Gasteiger partial charge is 0.0667 e. The standard InChI is InChI=1S/C13H13Cl2NS/c14-10-5-6-11(15)13(7-10)17-12-4-2-1-3-9(12)8-16/h5-7,9,12H,1-4H2. The Bertz CT molecular complexity index is 442. The number of halogens is 2. The molecule has 0 N–H and O–H groups in total. The van der Waals surface area contributed by atoms with E-state index in [4.69, 9.17) is 28.5 Å². The predicted octanol–water partition coefficient (Wildman–Crippen LogP) is 5.17. The zero-order valence-corrected chi connectivity index (χ0v) is 11.7. The topological polar surface area (TPSA) is 23.8 Å². The maximum absolute atomic E-state index is 9.14. The molecule has 90 valence electrons. The zero-order valence-electron chi connectivity index (χ0n) is 9.33. The van der Waals surface area contributed by atoms with E-state index in [2.05, 4.69) is 6.07 Å². The van der Waals surface area contributed by atoms with Crippen molar-refractivity contribution in [2.24, 2.45) is 5.92 Å². The van der Waals surface area contributed by atoms with Gasteiger partial charge in [0.25, 0.3) is 0 Å². The van der Waals surface area contributed by atoms with Gasteiger partial charge < -0.3 is 0 Å². The van der Waals surface area contributed by atoms with Gasteiger partial charge in [0.15, 0.2) is 0 Å². The average molecular weight is 286 g/mol. The van der Waals surface area contributed by atoms with Crippen LogP contribution in [0.25, 0.3) is 0 Å². The molecule has 0 bridgehead atoms. The molecule has 0 radical (unpaired) electrons. The monoisotopic (exact) mass is 285 g/mol. The quantitative estimate of drug-likeness (QED) is 0.749. The van der Waals surface area contributed by atoms with E-state index >= 15 is 0 Å². The van der Waals surface area contributed by atoms with Gasteiger partial charge in [0.1, 0.15) is 0 Å². The van der Waals surface area contributed by atoms with Crippen LogP contribution in [-0.2, 0) is 0 Å². The third kappa shape index (κ3) is 3.31. The Balaban J connectivity index is 2.14. The van der Waals surface area contributed by atoms with Crippen LogP contribution in [0.2, 0.25) is 10.0 Å². The van der Waals surface area contributed by atoms with E-state index < -0.39 is 0 Å². The van der Waals surface area contributed by atoms with Crippen LogP contribution in [0.15, 0.2) is 23.1 Å². The van der Waals surface area contributed by atoms with Crippen LogP contribution in [0, 0.1) is 17.2 Å². The minimum absolute atomic E-state index is 0.142. The van der Waals surface area contributed by atoms with E-state index in [-0.39, 0.29) is 5.92 Å². The number of rotatable bonds is 2. The zero-order chi connectivity index (χ0) is 12.3. The summed E-state index contributed by atoms with van der Waals surface area (Å²) in [5.74, 6) is 0.142. The molecule has 0 spiro atoms. The molecule has 0 heterocycles. The SMILES string of the molecule is N#CC1CCCCC1Sc1cc(Cl)ccc1Cl. The minimum atomic E-state index is 0.142. The third-order valence-corrected chi connectivity index (χ3v) is 5.18. The molecule has 4 heteroatoms. The first kappa shape index (κ1) is 13.1. The highest BCUT2D eigenvalue weighted by atomic mass is 35.5. The summed E-state index contributed by atoms with van der Waals surface area (Å²) in [7, 11) is 0. The average Bonchev–Trinajstić information content (AvgIpc) is 2.34. The summed E-state index contributed by atoms with van der Waals surface area (Å²) in [6, 6.07) is 7.90. The van der Waals surface area contributed by atoms with Gasteiger partial charge in [-0.15, -0.1) is 11.8 Å². The fraction of sp³-hybridized carbons (Fsp3) is 0.462. The van der Waals surface area contributed by atoms with Gasteiger partial charge in [-0.25, -0.2) is 0 Å². The number of nitrogens with zero attached hydrogens (tertiary/aromatic N) is 1. The van der Waals surface area contributed by atoms with Crippen molar-refractivity contribution in [2.45, 2.75) is 35.8 Å². The van der Waals surface area contributed by atoms with E-state index in [9.17, 15) is 0 Å². The normalized spacial score (nSPS) is 24.3. The van der Waals surface area contributed by atoms with Gasteiger partial charge in [-0.3, -0.25) is 0 Å². The van der Waals surface area contributed by atoms with Crippen LogP contribution in [0.4, 0.5) is 0 Å². The first-order valence-corrected chi connectivity index (χ1v) is 7.35. The number of hydrogen-bond acceptors (Lipinski definition) is 2. The molecule has 0 amide bonds. The molecule has 17 heavy (non-hydrogen) atoms. The number of hydrogen-bond donors (Lipinski definition) is 0. The summed E-state index contributed by atoms with van der Waals surface area (Å²) in [6.07, 6.45) is 4.46. The lowest BCUT2D eigenvalue weighted by atomic mass is 9.90. The summed E-state index contributed by atoms with van der Waals surface area (Å²) < 4.78 is 0. The van der Waals surface area contributed by atoms with Gasteiger partial charge in [-0.05, 0) is 31.0 Å². The Kier molecular flexibility index (Phi) is 4.62. The highest BCUT2D eigenvalue weighted by molar-refractivity contribution is 8.00. The second-order valence-electron chi connectivity index (χ2n) is 4.25. The highest BCUT2D eigenvalue weighted by Crippen LogP contribution is 2.40. The molecule has 2 atom stereocenters. The first-order chi connectivity index (χ1) is 8.20. The Morgan fingerprint density at radius 3 is 2.76 bits per heavy atom. The number of nitriles is 1. The molecule has 1 aromatic rings. The molecule has 0 aliphatic heterocycles. The van der Waals surface area contributed by atoms with Gasteiger partial charge in [0.2, 0.25) is 0 Å². The van der Waals surface area contributed by atoms with Crippen molar-refractivity contribution in [2.75, 3.05) is 0 Å². The molecule has 2 rings (SSSR count). The van der Waals surface area contributed by atoms with Crippen LogP contribution < -0.4 is 0 Å². The highest BCUT2D eigenvalue weighted by Gasteiger charge is 2.26.